The van der Waals surface area contributed by atoms with Gasteiger partial charge in [0.1, 0.15) is 6.04 Å². The summed E-state index contributed by atoms with van der Waals surface area (Å²) < 4.78 is 5.01. The van der Waals surface area contributed by atoms with E-state index < -0.39 is 17.4 Å². The maximum absolute atomic E-state index is 13.8. The minimum absolute atomic E-state index is 0.309. The number of hydrogen-bond donors (Lipinski definition) is 3. The van der Waals surface area contributed by atoms with Gasteiger partial charge in [0.05, 0.1) is 30.6 Å². The van der Waals surface area contributed by atoms with Crippen molar-refractivity contribution in [2.24, 2.45) is 0 Å². The first kappa shape index (κ1) is 35.4. The third-order valence-corrected chi connectivity index (χ3v) is 9.90. The molecule has 3 N–H and O–H groups in total. The van der Waals surface area contributed by atoms with E-state index in [1.54, 1.807) is 18.1 Å². The van der Waals surface area contributed by atoms with E-state index in [9.17, 15) is 9.59 Å². The first-order valence-corrected chi connectivity index (χ1v) is 18.4. The lowest BCUT2D eigenvalue weighted by molar-refractivity contribution is -0.142. The number of carbonyl (C=O) groups excluding carboxylic acids is 2. The Hall–Kier alpha value is -5.44. The van der Waals surface area contributed by atoms with Crippen LogP contribution in [0.3, 0.4) is 0 Å². The molecule has 0 aliphatic rings. The first-order chi connectivity index (χ1) is 25.1. The highest BCUT2D eigenvalue weighted by Gasteiger charge is 2.45. The van der Waals surface area contributed by atoms with Crippen LogP contribution in [0.15, 0.2) is 152 Å². The summed E-state index contributed by atoms with van der Waals surface area (Å²) in [5.74, 6) is -0.0674. The Balaban J connectivity index is 1.43. The Morgan fingerprint density at radius 3 is 1.88 bits per heavy atom. The van der Waals surface area contributed by atoms with Crippen LogP contribution in [0.1, 0.15) is 50.8 Å². The molecule has 6 rings (SSSR count). The minimum Gasteiger partial charge on any atom is -0.467 e. The SMILES string of the molecule is COC(=O)[C@H](CCSC)NC(=O)c1ccc(CNC(c2c[nH]cn2)C(c2ccccc2)(c2ccccc2)c2ccccc2)cc1-c1ccccc1. The standard InChI is InChI=1S/C43H42N4O3S/c1-50-42(49)38(25-26-51-2)47-41(48)36-24-23-31(27-37(36)32-15-7-3-8-16-32)28-45-40(39-29-44-30-46-39)43(33-17-9-4-10-18-33,34-19-11-5-12-20-34)35-21-13-6-14-22-35/h3-24,27,29-30,38,40,45H,25-26,28H2,1-2H3,(H,44,46)(H,47,48)/t38-,40?/m0/s1. The van der Waals surface area contributed by atoms with Gasteiger partial charge in [-0.15, -0.1) is 0 Å². The molecular weight excluding hydrogens is 653 g/mol. The monoisotopic (exact) mass is 694 g/mol. The molecule has 8 heteroatoms. The van der Waals surface area contributed by atoms with E-state index in [1.807, 2.05) is 73.1 Å². The summed E-state index contributed by atoms with van der Waals surface area (Å²) in [6.45, 7) is 0.478. The summed E-state index contributed by atoms with van der Waals surface area (Å²) in [6, 6.07) is 46.4. The van der Waals surface area contributed by atoms with E-state index in [1.165, 1.54) is 7.11 Å². The van der Waals surface area contributed by atoms with E-state index in [4.69, 9.17) is 9.72 Å². The van der Waals surface area contributed by atoms with E-state index in [0.29, 0.717) is 24.3 Å². The van der Waals surface area contributed by atoms with Crippen molar-refractivity contribution in [2.45, 2.75) is 30.5 Å². The Morgan fingerprint density at radius 1 is 0.804 bits per heavy atom. The molecule has 1 heterocycles. The number of benzene rings is 5. The van der Waals surface area contributed by atoms with Crippen molar-refractivity contribution >= 4 is 23.6 Å². The second-order valence-electron chi connectivity index (χ2n) is 12.3. The van der Waals surface area contributed by atoms with Gasteiger partial charge in [0.2, 0.25) is 0 Å². The van der Waals surface area contributed by atoms with Crippen LogP contribution in [-0.2, 0) is 21.5 Å². The van der Waals surface area contributed by atoms with Crippen molar-refractivity contribution in [3.05, 3.63) is 186 Å². The molecule has 1 aromatic heterocycles. The van der Waals surface area contributed by atoms with Crippen LogP contribution >= 0.6 is 11.8 Å². The quantitative estimate of drug-likeness (QED) is 0.0746. The second-order valence-corrected chi connectivity index (χ2v) is 13.3. The molecule has 0 aliphatic carbocycles. The maximum Gasteiger partial charge on any atom is 0.328 e. The fraction of sp³-hybridized carbons (Fsp3) is 0.186. The molecule has 2 atom stereocenters. The van der Waals surface area contributed by atoms with Crippen molar-refractivity contribution in [1.29, 1.82) is 0 Å². The van der Waals surface area contributed by atoms with Gasteiger partial charge in [-0.3, -0.25) is 4.79 Å². The van der Waals surface area contributed by atoms with Crippen molar-refractivity contribution < 1.29 is 14.3 Å². The average molecular weight is 695 g/mol. The van der Waals surface area contributed by atoms with Gasteiger partial charge in [0.15, 0.2) is 0 Å². The van der Waals surface area contributed by atoms with Crippen LogP contribution in [0.2, 0.25) is 0 Å². The highest BCUT2D eigenvalue weighted by molar-refractivity contribution is 7.98. The number of aromatic nitrogens is 2. The van der Waals surface area contributed by atoms with Crippen molar-refractivity contribution in [2.75, 3.05) is 19.1 Å². The fourth-order valence-corrected chi connectivity index (χ4v) is 7.32. The summed E-state index contributed by atoms with van der Waals surface area (Å²) in [5, 5.41) is 6.87. The number of aromatic amines is 1. The van der Waals surface area contributed by atoms with Crippen LogP contribution in [0, 0.1) is 0 Å². The number of hydrogen-bond acceptors (Lipinski definition) is 6. The van der Waals surface area contributed by atoms with E-state index in [-0.39, 0.29) is 11.9 Å². The van der Waals surface area contributed by atoms with Gasteiger partial charge in [-0.2, -0.15) is 11.8 Å². The van der Waals surface area contributed by atoms with Crippen LogP contribution in [0.5, 0.6) is 0 Å². The lowest BCUT2D eigenvalue weighted by atomic mass is 9.64. The molecule has 5 aromatic carbocycles. The lowest BCUT2D eigenvalue weighted by Crippen LogP contribution is -2.44. The van der Waals surface area contributed by atoms with Crippen LogP contribution in [0.25, 0.3) is 11.1 Å². The maximum atomic E-state index is 13.8. The zero-order chi connectivity index (χ0) is 35.5. The number of imidazole rings is 1. The molecule has 51 heavy (non-hydrogen) atoms. The Bertz CT molecular complexity index is 1890. The highest BCUT2D eigenvalue weighted by atomic mass is 32.2. The van der Waals surface area contributed by atoms with Crippen LogP contribution in [-0.4, -0.2) is 47.0 Å². The smallest absolute Gasteiger partial charge is 0.328 e. The van der Waals surface area contributed by atoms with E-state index in [0.717, 1.165) is 39.1 Å². The summed E-state index contributed by atoms with van der Waals surface area (Å²) in [7, 11) is 1.34. The molecule has 0 saturated carbocycles. The molecule has 0 bridgehead atoms. The number of nitrogens with one attached hydrogen (secondary N) is 3. The lowest BCUT2D eigenvalue weighted by Gasteiger charge is -2.42. The predicted molar refractivity (Wildman–Crippen MR) is 206 cm³/mol. The highest BCUT2D eigenvalue weighted by Crippen LogP contribution is 2.48. The summed E-state index contributed by atoms with van der Waals surface area (Å²) in [4.78, 5) is 34.4. The van der Waals surface area contributed by atoms with Gasteiger partial charge in [-0.1, -0.05) is 127 Å². The molecule has 0 fully saturated rings. The van der Waals surface area contributed by atoms with Crippen LogP contribution in [0.4, 0.5) is 0 Å². The molecule has 1 unspecified atom stereocenters. The predicted octanol–water partition coefficient (Wildman–Crippen LogP) is 7.97. The van der Waals surface area contributed by atoms with Gasteiger partial charge in [0, 0.05) is 18.3 Å². The van der Waals surface area contributed by atoms with Crippen LogP contribution < -0.4 is 10.6 Å². The third kappa shape index (κ3) is 7.83. The topological polar surface area (TPSA) is 96.1 Å². The number of H-pyrrole nitrogens is 1. The van der Waals surface area contributed by atoms with Gasteiger partial charge in [0.25, 0.3) is 5.91 Å². The number of nitrogens with zero attached hydrogens (tertiary/aromatic N) is 1. The zero-order valence-corrected chi connectivity index (χ0v) is 29.6. The number of thioether (sulfide) groups is 1. The molecule has 258 valence electrons. The number of amides is 1. The van der Waals surface area contributed by atoms with Crippen molar-refractivity contribution in [3.63, 3.8) is 0 Å². The molecule has 0 radical (unpaired) electrons. The fourth-order valence-electron chi connectivity index (χ4n) is 6.85. The molecule has 0 spiro atoms. The van der Waals surface area contributed by atoms with Gasteiger partial charge in [-0.25, -0.2) is 9.78 Å². The number of methoxy groups -OCH3 is 1. The number of carbonyl (C=O) groups is 2. The summed E-state index contributed by atoms with van der Waals surface area (Å²) in [6.07, 6.45) is 6.12. The molecule has 7 nitrogen and oxygen atoms in total. The molecule has 1 amide bonds. The molecule has 0 saturated heterocycles. The van der Waals surface area contributed by atoms with Gasteiger partial charge >= 0.3 is 5.97 Å². The molecule has 0 aliphatic heterocycles. The molecular formula is C43H42N4O3S. The number of ether oxygens (including phenoxy) is 1. The number of rotatable bonds is 15. The second kappa shape index (κ2) is 17.0. The average Bonchev–Trinajstić information content (AvgIpc) is 3.74. The Labute approximate surface area is 303 Å². The van der Waals surface area contributed by atoms with Crippen molar-refractivity contribution in [3.8, 4) is 11.1 Å². The zero-order valence-electron chi connectivity index (χ0n) is 28.8. The Morgan fingerprint density at radius 2 is 1.37 bits per heavy atom. The van der Waals surface area contributed by atoms with Gasteiger partial charge in [-0.05, 0) is 63.9 Å². The van der Waals surface area contributed by atoms with E-state index in [2.05, 4.69) is 94.5 Å². The first-order valence-electron chi connectivity index (χ1n) is 17.0. The number of esters is 1. The third-order valence-electron chi connectivity index (χ3n) is 9.26. The van der Waals surface area contributed by atoms with Gasteiger partial charge < -0.3 is 20.4 Å². The van der Waals surface area contributed by atoms with Crippen molar-refractivity contribution in [1.82, 2.24) is 20.6 Å². The largest absolute Gasteiger partial charge is 0.467 e. The normalized spacial score (nSPS) is 12.5. The Kier molecular flexibility index (Phi) is 11.8. The minimum atomic E-state index is -0.739. The summed E-state index contributed by atoms with van der Waals surface area (Å²) in [5.41, 5.74) is 6.73. The molecule has 6 aromatic rings. The summed E-state index contributed by atoms with van der Waals surface area (Å²) >= 11 is 1.61. The van der Waals surface area contributed by atoms with E-state index >= 15 is 0 Å².